The van der Waals surface area contributed by atoms with Crippen LogP contribution in [0.2, 0.25) is 0 Å². The molecule has 6 heteroatoms. The van der Waals surface area contributed by atoms with Crippen molar-refractivity contribution in [2.24, 2.45) is 0 Å². The number of carboxylic acid groups (broad SMARTS) is 1. The third kappa shape index (κ3) is 3.30. The Kier molecular flexibility index (Phi) is 4.90. The van der Waals surface area contributed by atoms with Crippen LogP contribution in [0.25, 0.3) is 0 Å². The number of carbonyl (C=O) groups is 1. The Labute approximate surface area is 98.1 Å². The number of anilines is 1. The molecule has 1 heterocycles. The Morgan fingerprint density at radius 1 is 1.38 bits per heavy atom. The molecule has 0 spiro atoms. The van der Waals surface area contributed by atoms with Crippen LogP contribution in [0.5, 0.6) is 0 Å². The van der Waals surface area contributed by atoms with Gasteiger partial charge >= 0.3 is 29.6 Å². The monoisotopic (exact) mass is 189 g/mol. The summed E-state index contributed by atoms with van der Waals surface area (Å²) < 4.78 is 0. The molecule has 0 N–H and O–H groups in total. The minimum Gasteiger partial charge on any atom is -0.543 e. The molecule has 13 heavy (non-hydrogen) atoms. The summed E-state index contributed by atoms with van der Waals surface area (Å²) in [5.41, 5.74) is -0.152. The first-order valence-electron chi connectivity index (χ1n) is 3.32. The summed E-state index contributed by atoms with van der Waals surface area (Å²) >= 11 is 0. The van der Waals surface area contributed by atoms with Crippen molar-refractivity contribution in [1.29, 1.82) is 0 Å². The summed E-state index contributed by atoms with van der Waals surface area (Å²) in [5, 5.41) is 10.3. The van der Waals surface area contributed by atoms with Gasteiger partial charge in [-0.15, -0.1) is 0 Å². The van der Waals surface area contributed by atoms with Crippen LogP contribution >= 0.6 is 0 Å². The van der Waals surface area contributed by atoms with E-state index in [1.54, 1.807) is 19.0 Å². The Bertz CT molecular complexity index is 286. The van der Waals surface area contributed by atoms with Crippen LogP contribution in [-0.4, -0.2) is 30.0 Å². The van der Waals surface area contributed by atoms with Gasteiger partial charge in [0, 0.05) is 14.1 Å². The van der Waals surface area contributed by atoms with Gasteiger partial charge in [-0.05, 0) is 0 Å². The van der Waals surface area contributed by atoms with Gasteiger partial charge in [-0.25, -0.2) is 9.97 Å². The summed E-state index contributed by atoms with van der Waals surface area (Å²) in [6.07, 6.45) is 2.55. The molecule has 0 fully saturated rings. The third-order valence-electron chi connectivity index (χ3n) is 1.31. The molecule has 5 nitrogen and oxygen atoms in total. The molecule has 64 valence electrons. The fourth-order valence-electron chi connectivity index (χ4n) is 0.658. The van der Waals surface area contributed by atoms with E-state index in [4.69, 9.17) is 0 Å². The van der Waals surface area contributed by atoms with Crippen LogP contribution in [0.1, 0.15) is 10.5 Å². The molecule has 0 unspecified atom stereocenters. The van der Waals surface area contributed by atoms with E-state index < -0.39 is 5.97 Å². The first kappa shape index (κ1) is 12.3. The van der Waals surface area contributed by atoms with E-state index in [2.05, 4.69) is 9.97 Å². The molecule has 0 aromatic carbocycles. The Morgan fingerprint density at radius 3 is 2.31 bits per heavy atom. The number of hydrogen-bond acceptors (Lipinski definition) is 5. The van der Waals surface area contributed by atoms with E-state index in [9.17, 15) is 9.90 Å². The number of nitrogens with zero attached hydrogens (tertiary/aromatic N) is 3. The second kappa shape index (κ2) is 5.16. The maximum atomic E-state index is 10.3. The number of aromatic nitrogens is 2. The summed E-state index contributed by atoms with van der Waals surface area (Å²) in [6.45, 7) is 0. The predicted molar refractivity (Wildman–Crippen MR) is 40.7 cm³/mol. The van der Waals surface area contributed by atoms with Crippen molar-refractivity contribution in [3.63, 3.8) is 0 Å². The van der Waals surface area contributed by atoms with Gasteiger partial charge in [-0.3, -0.25) is 0 Å². The molecule has 0 bridgehead atoms. The molecule has 0 atom stereocenters. The molecule has 0 aliphatic carbocycles. The molecular weight excluding hydrogens is 181 g/mol. The average Bonchev–Trinajstić information content (AvgIpc) is 2.04. The average molecular weight is 189 g/mol. The fourth-order valence-corrected chi connectivity index (χ4v) is 0.658. The molecule has 1 aromatic rings. The zero-order valence-corrected chi connectivity index (χ0v) is 9.81. The molecule has 0 radical (unpaired) electrons. The van der Waals surface area contributed by atoms with Gasteiger partial charge in [0.1, 0.15) is 11.5 Å². The van der Waals surface area contributed by atoms with Crippen LogP contribution in [0.15, 0.2) is 12.4 Å². The molecule has 1 rings (SSSR count). The Morgan fingerprint density at radius 2 is 2.00 bits per heavy atom. The topological polar surface area (TPSA) is 69.2 Å². The van der Waals surface area contributed by atoms with Crippen molar-refractivity contribution < 1.29 is 39.5 Å². The van der Waals surface area contributed by atoms with Crippen LogP contribution in [0.3, 0.4) is 0 Å². The Balaban J connectivity index is 0.00000144. The van der Waals surface area contributed by atoms with Crippen molar-refractivity contribution in [2.75, 3.05) is 19.0 Å². The quantitative estimate of drug-likeness (QED) is 0.442. The molecule has 1 aromatic heterocycles. The van der Waals surface area contributed by atoms with E-state index in [1.165, 1.54) is 12.4 Å². The first-order chi connectivity index (χ1) is 5.61. The zero-order valence-electron chi connectivity index (χ0n) is 7.81. The van der Waals surface area contributed by atoms with Crippen molar-refractivity contribution in [1.82, 2.24) is 9.97 Å². The molecule has 0 saturated heterocycles. The number of rotatable bonds is 2. The summed E-state index contributed by atoms with van der Waals surface area (Å²) in [5.74, 6) is -0.701. The maximum absolute atomic E-state index is 10.3. The van der Waals surface area contributed by atoms with E-state index in [1.807, 2.05) is 0 Å². The SMILES string of the molecule is CN(C)c1cnc(C(=O)[O-])cn1.[Na+]. The van der Waals surface area contributed by atoms with Gasteiger partial charge in [0.25, 0.3) is 0 Å². The first-order valence-corrected chi connectivity index (χ1v) is 3.32. The zero-order chi connectivity index (χ0) is 9.14. The Hall–Kier alpha value is -0.650. The number of aromatic carboxylic acids is 1. The van der Waals surface area contributed by atoms with E-state index in [0.29, 0.717) is 5.82 Å². The van der Waals surface area contributed by atoms with Crippen molar-refractivity contribution >= 4 is 11.8 Å². The van der Waals surface area contributed by atoms with Gasteiger partial charge in [0.2, 0.25) is 0 Å². The van der Waals surface area contributed by atoms with E-state index >= 15 is 0 Å². The number of carbonyl (C=O) groups excluding carboxylic acids is 1. The minimum absolute atomic E-state index is 0. The smallest absolute Gasteiger partial charge is 0.543 e. The van der Waals surface area contributed by atoms with E-state index in [-0.39, 0.29) is 35.3 Å². The van der Waals surface area contributed by atoms with Crippen LogP contribution in [0.4, 0.5) is 5.82 Å². The molecule has 0 aliphatic heterocycles. The number of carboxylic acids is 1. The van der Waals surface area contributed by atoms with Crippen LogP contribution in [0, 0.1) is 0 Å². The normalized spacial score (nSPS) is 8.77. The summed E-state index contributed by atoms with van der Waals surface area (Å²) in [6, 6.07) is 0. The maximum Gasteiger partial charge on any atom is 1.00 e. The van der Waals surface area contributed by atoms with Crippen molar-refractivity contribution in [3.05, 3.63) is 18.1 Å². The van der Waals surface area contributed by atoms with Crippen molar-refractivity contribution in [3.8, 4) is 0 Å². The second-order valence-corrected chi connectivity index (χ2v) is 2.44. The second-order valence-electron chi connectivity index (χ2n) is 2.44. The van der Waals surface area contributed by atoms with Gasteiger partial charge in [-0.1, -0.05) is 0 Å². The fraction of sp³-hybridized carbons (Fsp3) is 0.286. The third-order valence-corrected chi connectivity index (χ3v) is 1.31. The van der Waals surface area contributed by atoms with Crippen LogP contribution in [-0.2, 0) is 0 Å². The largest absolute Gasteiger partial charge is 1.00 e. The summed E-state index contributed by atoms with van der Waals surface area (Å²) in [4.78, 5) is 19.5. The molecule has 0 saturated carbocycles. The summed E-state index contributed by atoms with van der Waals surface area (Å²) in [7, 11) is 3.59. The minimum atomic E-state index is -1.31. The number of hydrogen-bond donors (Lipinski definition) is 0. The van der Waals surface area contributed by atoms with Gasteiger partial charge in [-0.2, -0.15) is 0 Å². The molecular formula is C7H8N3NaO2. The predicted octanol–water partition coefficient (Wildman–Crippen LogP) is -4.09. The van der Waals surface area contributed by atoms with Gasteiger partial charge in [0.15, 0.2) is 0 Å². The van der Waals surface area contributed by atoms with Crippen LogP contribution < -0.4 is 39.6 Å². The standard InChI is InChI=1S/C7H9N3O2.Na/c1-10(2)6-4-8-5(3-9-6)7(11)12;/h3-4H,1-2H3,(H,11,12);/q;+1/p-1. The molecule has 0 aliphatic rings. The van der Waals surface area contributed by atoms with E-state index in [0.717, 1.165) is 0 Å². The van der Waals surface area contributed by atoms with Crippen molar-refractivity contribution in [2.45, 2.75) is 0 Å². The molecule has 0 amide bonds. The van der Waals surface area contributed by atoms with Gasteiger partial charge in [0.05, 0.1) is 18.4 Å². The van der Waals surface area contributed by atoms with Gasteiger partial charge < -0.3 is 14.8 Å².